The summed E-state index contributed by atoms with van der Waals surface area (Å²) in [5.41, 5.74) is 2.61. The van der Waals surface area contributed by atoms with E-state index in [-0.39, 0.29) is 18.4 Å². The van der Waals surface area contributed by atoms with Crippen molar-refractivity contribution >= 4 is 23.2 Å². The lowest BCUT2D eigenvalue weighted by molar-refractivity contribution is -0.128. The van der Waals surface area contributed by atoms with E-state index in [0.29, 0.717) is 13.0 Å². The Bertz CT molecular complexity index is 686. The first-order valence-electron chi connectivity index (χ1n) is 8.00. The molecule has 0 unspecified atom stereocenters. The number of benzene rings is 2. The molecule has 0 bridgehead atoms. The number of hydrogen-bond acceptors (Lipinski definition) is 3. The number of amides is 2. The van der Waals surface area contributed by atoms with Crippen LogP contribution in [0.4, 0.5) is 11.4 Å². The fraction of sp³-hybridized carbons (Fsp3) is 0.263. The van der Waals surface area contributed by atoms with E-state index in [1.807, 2.05) is 54.6 Å². The van der Waals surface area contributed by atoms with Crippen molar-refractivity contribution in [3.63, 3.8) is 0 Å². The number of hydrogen-bond donors (Lipinski definition) is 2. The van der Waals surface area contributed by atoms with Gasteiger partial charge in [-0.3, -0.25) is 9.59 Å². The highest BCUT2D eigenvalue weighted by atomic mass is 16.2. The van der Waals surface area contributed by atoms with Gasteiger partial charge in [-0.25, -0.2) is 0 Å². The molecule has 126 valence electrons. The summed E-state index contributed by atoms with van der Waals surface area (Å²) in [7, 11) is 1.79. The van der Waals surface area contributed by atoms with E-state index in [9.17, 15) is 9.59 Å². The van der Waals surface area contributed by atoms with Gasteiger partial charge in [0.15, 0.2) is 0 Å². The monoisotopic (exact) mass is 325 g/mol. The van der Waals surface area contributed by atoms with Crippen molar-refractivity contribution in [3.05, 3.63) is 60.2 Å². The molecule has 0 radical (unpaired) electrons. The molecule has 0 fully saturated rings. The van der Waals surface area contributed by atoms with E-state index in [2.05, 4.69) is 10.6 Å². The number of carbonyl (C=O) groups is 2. The highest BCUT2D eigenvalue weighted by Crippen LogP contribution is 2.15. The van der Waals surface area contributed by atoms with Crippen molar-refractivity contribution in [1.82, 2.24) is 4.90 Å². The smallest absolute Gasteiger partial charge is 0.241 e. The Hall–Kier alpha value is -2.82. The normalized spacial score (nSPS) is 10.1. The molecule has 0 aliphatic rings. The van der Waals surface area contributed by atoms with E-state index in [1.54, 1.807) is 18.9 Å². The molecule has 2 aromatic rings. The molecule has 5 heteroatoms. The molecule has 2 aromatic carbocycles. The molecule has 0 aromatic heterocycles. The number of rotatable bonds is 7. The average Bonchev–Trinajstić information content (AvgIpc) is 2.60. The summed E-state index contributed by atoms with van der Waals surface area (Å²) < 4.78 is 0. The summed E-state index contributed by atoms with van der Waals surface area (Å²) in [4.78, 5) is 25.3. The number of likely N-dealkylation sites (N-methyl/N-ethyl adjacent to an activating group) is 1. The number of anilines is 2. The third-order valence-corrected chi connectivity index (χ3v) is 3.60. The third-order valence-electron chi connectivity index (χ3n) is 3.60. The minimum Gasteiger partial charge on any atom is -0.376 e. The number of nitrogens with zero attached hydrogens (tertiary/aromatic N) is 1. The van der Waals surface area contributed by atoms with E-state index in [0.717, 1.165) is 16.9 Å². The van der Waals surface area contributed by atoms with Gasteiger partial charge >= 0.3 is 0 Å². The van der Waals surface area contributed by atoms with Crippen LogP contribution in [-0.4, -0.2) is 30.3 Å². The Morgan fingerprint density at radius 2 is 1.71 bits per heavy atom. The maximum absolute atomic E-state index is 12.2. The van der Waals surface area contributed by atoms with Gasteiger partial charge < -0.3 is 15.5 Å². The minimum atomic E-state index is -0.0363. The molecule has 2 amide bonds. The fourth-order valence-corrected chi connectivity index (χ4v) is 2.21. The molecule has 0 saturated heterocycles. The van der Waals surface area contributed by atoms with E-state index in [1.165, 1.54) is 0 Å². The fourth-order valence-electron chi connectivity index (χ4n) is 2.21. The summed E-state index contributed by atoms with van der Waals surface area (Å²) in [5.74, 6) is -0.0346. The Balaban J connectivity index is 1.87. The summed E-state index contributed by atoms with van der Waals surface area (Å²) in [5, 5.41) is 5.90. The van der Waals surface area contributed by atoms with E-state index >= 15 is 0 Å². The van der Waals surface area contributed by atoms with Crippen LogP contribution >= 0.6 is 0 Å². The van der Waals surface area contributed by atoms with Gasteiger partial charge in [-0.05, 0) is 23.8 Å². The molecule has 0 saturated carbocycles. The maximum atomic E-state index is 12.2. The topological polar surface area (TPSA) is 61.4 Å². The summed E-state index contributed by atoms with van der Waals surface area (Å²) >= 11 is 0. The second-order valence-electron chi connectivity index (χ2n) is 5.57. The van der Waals surface area contributed by atoms with Crippen molar-refractivity contribution in [3.8, 4) is 0 Å². The second-order valence-corrected chi connectivity index (χ2v) is 5.57. The van der Waals surface area contributed by atoms with Gasteiger partial charge in [0.05, 0.1) is 6.54 Å². The van der Waals surface area contributed by atoms with Crippen LogP contribution in [0.3, 0.4) is 0 Å². The van der Waals surface area contributed by atoms with Gasteiger partial charge in [-0.15, -0.1) is 0 Å². The summed E-state index contributed by atoms with van der Waals surface area (Å²) in [6.07, 6.45) is 0.431. The molecule has 0 atom stereocenters. The first kappa shape index (κ1) is 17.5. The van der Waals surface area contributed by atoms with Crippen LogP contribution in [0, 0.1) is 0 Å². The Kier molecular flexibility index (Phi) is 6.37. The van der Waals surface area contributed by atoms with Crippen LogP contribution < -0.4 is 10.6 Å². The Morgan fingerprint density at radius 1 is 1.00 bits per heavy atom. The largest absolute Gasteiger partial charge is 0.376 e. The first-order valence-corrected chi connectivity index (χ1v) is 8.00. The first-order chi connectivity index (χ1) is 11.6. The molecule has 0 spiro atoms. The number of carbonyl (C=O) groups excluding carboxylic acids is 2. The molecule has 0 heterocycles. The second kappa shape index (κ2) is 8.72. The van der Waals surface area contributed by atoms with Crippen LogP contribution in [0.5, 0.6) is 0 Å². The molecule has 0 aliphatic carbocycles. The quantitative estimate of drug-likeness (QED) is 0.822. The molecule has 2 N–H and O–H groups in total. The minimum absolute atomic E-state index is 0.00171. The third kappa shape index (κ3) is 5.43. The predicted molar refractivity (Wildman–Crippen MR) is 96.8 cm³/mol. The van der Waals surface area contributed by atoms with Gasteiger partial charge in [0, 0.05) is 31.4 Å². The molecular formula is C19H23N3O2. The standard InChI is InChI=1S/C19H23N3O2/c1-3-18(23)21-17-11-7-10-16(12-17)20-13-19(24)22(2)14-15-8-5-4-6-9-15/h4-12,20H,3,13-14H2,1-2H3,(H,21,23). The lowest BCUT2D eigenvalue weighted by Crippen LogP contribution is -2.31. The van der Waals surface area contributed by atoms with Crippen molar-refractivity contribution < 1.29 is 9.59 Å². The van der Waals surface area contributed by atoms with Crippen molar-refractivity contribution in [2.45, 2.75) is 19.9 Å². The molecule has 5 nitrogen and oxygen atoms in total. The molecule has 0 aliphatic heterocycles. The van der Waals surface area contributed by atoms with E-state index < -0.39 is 0 Å². The van der Waals surface area contributed by atoms with Gasteiger partial charge in [0.2, 0.25) is 11.8 Å². The predicted octanol–water partition coefficient (Wildman–Crippen LogP) is 3.11. The van der Waals surface area contributed by atoms with Gasteiger partial charge in [-0.2, -0.15) is 0 Å². The van der Waals surface area contributed by atoms with Crippen molar-refractivity contribution in [2.24, 2.45) is 0 Å². The summed E-state index contributed by atoms with van der Waals surface area (Å²) in [6, 6.07) is 17.2. The van der Waals surface area contributed by atoms with Gasteiger partial charge in [-0.1, -0.05) is 43.3 Å². The number of nitrogens with one attached hydrogen (secondary N) is 2. The van der Waals surface area contributed by atoms with Crippen LogP contribution in [0.15, 0.2) is 54.6 Å². The van der Waals surface area contributed by atoms with Gasteiger partial charge in [0.25, 0.3) is 0 Å². The SMILES string of the molecule is CCC(=O)Nc1cccc(NCC(=O)N(C)Cc2ccccc2)c1. The van der Waals surface area contributed by atoms with Crippen molar-refractivity contribution in [2.75, 3.05) is 24.2 Å². The summed E-state index contributed by atoms with van der Waals surface area (Å²) in [6.45, 7) is 2.58. The van der Waals surface area contributed by atoms with Gasteiger partial charge in [0.1, 0.15) is 0 Å². The molecular weight excluding hydrogens is 302 g/mol. The average molecular weight is 325 g/mol. The maximum Gasteiger partial charge on any atom is 0.241 e. The Labute approximate surface area is 142 Å². The zero-order valence-corrected chi connectivity index (χ0v) is 14.1. The van der Waals surface area contributed by atoms with Crippen LogP contribution in [0.1, 0.15) is 18.9 Å². The zero-order chi connectivity index (χ0) is 17.4. The van der Waals surface area contributed by atoms with Crippen LogP contribution in [0.2, 0.25) is 0 Å². The van der Waals surface area contributed by atoms with Crippen LogP contribution in [-0.2, 0) is 16.1 Å². The highest BCUT2D eigenvalue weighted by Gasteiger charge is 2.09. The van der Waals surface area contributed by atoms with Crippen molar-refractivity contribution in [1.29, 1.82) is 0 Å². The Morgan fingerprint density at radius 3 is 2.42 bits per heavy atom. The van der Waals surface area contributed by atoms with E-state index in [4.69, 9.17) is 0 Å². The zero-order valence-electron chi connectivity index (χ0n) is 14.1. The molecule has 2 rings (SSSR count). The molecule has 24 heavy (non-hydrogen) atoms. The van der Waals surface area contributed by atoms with Crippen LogP contribution in [0.25, 0.3) is 0 Å². The highest BCUT2D eigenvalue weighted by molar-refractivity contribution is 5.91. The lowest BCUT2D eigenvalue weighted by atomic mass is 10.2. The lowest BCUT2D eigenvalue weighted by Gasteiger charge is -2.18.